The van der Waals surface area contributed by atoms with Crippen LogP contribution in [0.1, 0.15) is 22.1 Å². The summed E-state index contributed by atoms with van der Waals surface area (Å²) in [6.07, 6.45) is 0. The molecular formula is C20H16FN3O3. The van der Waals surface area contributed by atoms with Gasteiger partial charge in [-0.05, 0) is 17.7 Å². The van der Waals surface area contributed by atoms with E-state index in [9.17, 15) is 14.0 Å². The molecule has 1 aliphatic rings. The largest absolute Gasteiger partial charge is 0.355 e. The summed E-state index contributed by atoms with van der Waals surface area (Å²) in [7, 11) is 0. The molecule has 1 atom stereocenters. The zero-order valence-corrected chi connectivity index (χ0v) is 14.3. The smallest absolute Gasteiger partial charge is 0.277 e. The highest BCUT2D eigenvalue weighted by Crippen LogP contribution is 2.27. The van der Waals surface area contributed by atoms with Crippen LogP contribution in [-0.4, -0.2) is 35.0 Å². The van der Waals surface area contributed by atoms with E-state index in [4.69, 9.17) is 4.52 Å². The van der Waals surface area contributed by atoms with E-state index in [1.807, 2.05) is 30.3 Å². The van der Waals surface area contributed by atoms with E-state index >= 15 is 0 Å². The molecule has 1 unspecified atom stereocenters. The molecule has 2 heterocycles. The van der Waals surface area contributed by atoms with Gasteiger partial charge in [-0.3, -0.25) is 9.59 Å². The number of hydrogen-bond acceptors (Lipinski definition) is 4. The van der Waals surface area contributed by atoms with Gasteiger partial charge in [-0.1, -0.05) is 47.6 Å². The zero-order chi connectivity index (χ0) is 18.8. The van der Waals surface area contributed by atoms with Crippen LogP contribution in [0.15, 0.2) is 65.2 Å². The van der Waals surface area contributed by atoms with Crippen molar-refractivity contribution < 1.29 is 18.5 Å². The predicted octanol–water partition coefficient (Wildman–Crippen LogP) is 2.79. The molecule has 3 aromatic rings. The molecule has 0 spiro atoms. The van der Waals surface area contributed by atoms with Crippen molar-refractivity contribution >= 4 is 11.8 Å². The minimum Gasteiger partial charge on any atom is -0.355 e. The molecule has 0 radical (unpaired) electrons. The first kappa shape index (κ1) is 17.0. The Morgan fingerprint density at radius 2 is 1.89 bits per heavy atom. The van der Waals surface area contributed by atoms with Gasteiger partial charge in [-0.2, -0.15) is 0 Å². The summed E-state index contributed by atoms with van der Waals surface area (Å²) < 4.78 is 18.5. The van der Waals surface area contributed by atoms with Gasteiger partial charge in [0.25, 0.3) is 5.91 Å². The Bertz CT molecular complexity index is 970. The van der Waals surface area contributed by atoms with Gasteiger partial charge in [0.2, 0.25) is 5.91 Å². The van der Waals surface area contributed by atoms with Crippen LogP contribution in [0.5, 0.6) is 0 Å². The van der Waals surface area contributed by atoms with Crippen LogP contribution in [0, 0.1) is 5.82 Å². The van der Waals surface area contributed by atoms with E-state index in [0.29, 0.717) is 24.4 Å². The first-order valence-corrected chi connectivity index (χ1v) is 8.50. The van der Waals surface area contributed by atoms with Gasteiger partial charge < -0.3 is 14.7 Å². The van der Waals surface area contributed by atoms with E-state index < -0.39 is 17.8 Å². The third-order valence-electron chi connectivity index (χ3n) is 4.45. The number of hydrogen-bond donors (Lipinski definition) is 1. The van der Waals surface area contributed by atoms with E-state index in [2.05, 4.69) is 10.5 Å². The number of piperazine rings is 1. The van der Waals surface area contributed by atoms with Crippen molar-refractivity contribution in [3.05, 3.63) is 77.7 Å². The molecule has 1 aromatic heterocycles. The second-order valence-corrected chi connectivity index (χ2v) is 6.19. The topological polar surface area (TPSA) is 75.4 Å². The molecule has 136 valence electrons. The Morgan fingerprint density at radius 1 is 1.15 bits per heavy atom. The van der Waals surface area contributed by atoms with Crippen molar-refractivity contribution in [3.8, 4) is 11.3 Å². The molecule has 2 amide bonds. The van der Waals surface area contributed by atoms with Crippen molar-refractivity contribution in [3.63, 3.8) is 0 Å². The molecule has 1 aliphatic heterocycles. The summed E-state index contributed by atoms with van der Waals surface area (Å²) >= 11 is 0. The standard InChI is InChI=1S/C20H16FN3O3/c21-15-8-6-14(7-9-15)18-19(25)22-10-11-24(18)20(26)16-12-17(27-23-16)13-4-2-1-3-5-13/h1-9,12,18H,10-11H2,(H,22,25). The van der Waals surface area contributed by atoms with Crippen LogP contribution in [0.3, 0.4) is 0 Å². The Labute approximate surface area is 154 Å². The zero-order valence-electron chi connectivity index (χ0n) is 14.3. The van der Waals surface area contributed by atoms with Gasteiger partial charge in [0.05, 0.1) is 0 Å². The van der Waals surface area contributed by atoms with Crippen LogP contribution in [-0.2, 0) is 4.79 Å². The molecule has 0 bridgehead atoms. The van der Waals surface area contributed by atoms with Crippen LogP contribution in [0.4, 0.5) is 4.39 Å². The highest BCUT2D eigenvalue weighted by molar-refractivity contribution is 5.97. The minimum atomic E-state index is -0.844. The minimum absolute atomic E-state index is 0.121. The number of nitrogens with zero attached hydrogens (tertiary/aromatic N) is 2. The summed E-state index contributed by atoms with van der Waals surface area (Å²) in [5.74, 6) is -0.659. The van der Waals surface area contributed by atoms with Crippen LogP contribution in [0.2, 0.25) is 0 Å². The maximum absolute atomic E-state index is 13.2. The monoisotopic (exact) mass is 365 g/mol. The fourth-order valence-corrected chi connectivity index (χ4v) is 3.12. The number of carbonyl (C=O) groups excluding carboxylic acids is 2. The van der Waals surface area contributed by atoms with Crippen LogP contribution < -0.4 is 5.32 Å². The number of halogens is 1. The molecule has 1 N–H and O–H groups in total. The van der Waals surface area contributed by atoms with Crippen molar-refractivity contribution in [2.45, 2.75) is 6.04 Å². The van der Waals surface area contributed by atoms with Crippen molar-refractivity contribution in [2.24, 2.45) is 0 Å². The molecule has 4 rings (SSSR count). The number of nitrogens with one attached hydrogen (secondary N) is 1. The third kappa shape index (κ3) is 3.31. The molecule has 0 aliphatic carbocycles. The van der Waals surface area contributed by atoms with E-state index in [-0.39, 0.29) is 11.6 Å². The molecule has 2 aromatic carbocycles. The lowest BCUT2D eigenvalue weighted by atomic mass is 10.0. The highest BCUT2D eigenvalue weighted by Gasteiger charge is 2.36. The van der Waals surface area contributed by atoms with E-state index in [1.54, 1.807) is 6.07 Å². The summed E-state index contributed by atoms with van der Waals surface area (Å²) in [6, 6.07) is 15.6. The van der Waals surface area contributed by atoms with Crippen LogP contribution >= 0.6 is 0 Å². The summed E-state index contributed by atoms with van der Waals surface area (Å²) in [5, 5.41) is 6.62. The normalized spacial score (nSPS) is 16.9. The predicted molar refractivity (Wildman–Crippen MR) is 95.1 cm³/mol. The number of carbonyl (C=O) groups is 2. The van der Waals surface area contributed by atoms with Gasteiger partial charge in [0, 0.05) is 24.7 Å². The fraction of sp³-hybridized carbons (Fsp3) is 0.150. The molecular weight excluding hydrogens is 349 g/mol. The van der Waals surface area contributed by atoms with Gasteiger partial charge in [0.1, 0.15) is 11.9 Å². The molecule has 7 heteroatoms. The number of benzene rings is 2. The average molecular weight is 365 g/mol. The second kappa shape index (κ2) is 7.03. The number of rotatable bonds is 3. The number of amides is 2. The molecule has 1 saturated heterocycles. The first-order valence-electron chi connectivity index (χ1n) is 8.50. The molecule has 6 nitrogen and oxygen atoms in total. The van der Waals surface area contributed by atoms with Gasteiger partial charge in [0.15, 0.2) is 11.5 Å². The van der Waals surface area contributed by atoms with Gasteiger partial charge in [-0.25, -0.2) is 4.39 Å². The van der Waals surface area contributed by atoms with Crippen molar-refractivity contribution in [1.29, 1.82) is 0 Å². The number of aromatic nitrogens is 1. The molecule has 0 saturated carbocycles. The quantitative estimate of drug-likeness (QED) is 0.774. The van der Waals surface area contributed by atoms with Crippen molar-refractivity contribution in [2.75, 3.05) is 13.1 Å². The lowest BCUT2D eigenvalue weighted by Crippen LogP contribution is -2.52. The maximum atomic E-state index is 13.2. The highest BCUT2D eigenvalue weighted by atomic mass is 19.1. The Hall–Kier alpha value is -3.48. The Kier molecular flexibility index (Phi) is 4.42. The fourth-order valence-electron chi connectivity index (χ4n) is 3.12. The molecule has 27 heavy (non-hydrogen) atoms. The SMILES string of the molecule is O=C1NCCN(C(=O)c2cc(-c3ccccc3)on2)C1c1ccc(F)cc1. The van der Waals surface area contributed by atoms with E-state index in [1.165, 1.54) is 29.2 Å². The van der Waals surface area contributed by atoms with Gasteiger partial charge in [-0.15, -0.1) is 0 Å². The third-order valence-corrected chi connectivity index (χ3v) is 4.45. The summed E-state index contributed by atoms with van der Waals surface area (Å²) in [6.45, 7) is 0.659. The Morgan fingerprint density at radius 3 is 2.63 bits per heavy atom. The lowest BCUT2D eigenvalue weighted by Gasteiger charge is -2.34. The van der Waals surface area contributed by atoms with Crippen LogP contribution in [0.25, 0.3) is 11.3 Å². The summed E-state index contributed by atoms with van der Waals surface area (Å²) in [5.41, 5.74) is 1.46. The second-order valence-electron chi connectivity index (χ2n) is 6.19. The molecule has 1 fully saturated rings. The lowest BCUT2D eigenvalue weighted by molar-refractivity contribution is -0.128. The summed E-state index contributed by atoms with van der Waals surface area (Å²) in [4.78, 5) is 26.8. The van der Waals surface area contributed by atoms with Gasteiger partial charge >= 0.3 is 0 Å². The average Bonchev–Trinajstić information content (AvgIpc) is 3.19. The first-order chi connectivity index (χ1) is 13.1. The maximum Gasteiger partial charge on any atom is 0.277 e. The van der Waals surface area contributed by atoms with Crippen molar-refractivity contribution in [1.82, 2.24) is 15.4 Å². The Balaban J connectivity index is 1.64. The van der Waals surface area contributed by atoms with E-state index in [0.717, 1.165) is 5.56 Å².